The van der Waals surface area contributed by atoms with Crippen LogP contribution in [0.5, 0.6) is 0 Å². The van der Waals surface area contributed by atoms with Crippen LogP contribution in [0.2, 0.25) is 0 Å². The van der Waals surface area contributed by atoms with Crippen molar-refractivity contribution >= 4 is 11.9 Å². The largest absolute Gasteiger partial charge is 0.459 e. The highest BCUT2D eigenvalue weighted by atomic mass is 16.6. The Kier molecular flexibility index (Phi) is 4.36. The lowest BCUT2D eigenvalue weighted by Crippen LogP contribution is -2.42. The molecule has 6 heteroatoms. The van der Waals surface area contributed by atoms with Crippen molar-refractivity contribution in [1.29, 1.82) is 0 Å². The van der Waals surface area contributed by atoms with Gasteiger partial charge in [-0.15, -0.1) is 0 Å². The van der Waals surface area contributed by atoms with E-state index in [1.807, 2.05) is 6.08 Å². The summed E-state index contributed by atoms with van der Waals surface area (Å²) in [4.78, 5) is 27.0. The Morgan fingerprint density at radius 3 is 2.92 bits per heavy atom. The number of cyclic esters (lactones) is 1. The normalized spacial score (nSPS) is 36.5. The van der Waals surface area contributed by atoms with Crippen LogP contribution in [0.25, 0.3) is 0 Å². The van der Waals surface area contributed by atoms with E-state index >= 15 is 0 Å². The number of hydrogen-bond donors (Lipinski definition) is 1. The van der Waals surface area contributed by atoms with E-state index in [1.165, 1.54) is 6.92 Å². The van der Waals surface area contributed by atoms with E-state index < -0.39 is 17.5 Å². The van der Waals surface area contributed by atoms with Gasteiger partial charge in [-0.05, 0) is 31.4 Å². The van der Waals surface area contributed by atoms with Crippen LogP contribution in [-0.2, 0) is 19.1 Å². The number of esters is 2. The molecule has 0 unspecified atom stereocenters. The number of ether oxygens (including phenoxy) is 2. The van der Waals surface area contributed by atoms with Gasteiger partial charge in [0.15, 0.2) is 5.60 Å². The highest BCUT2D eigenvalue weighted by Crippen LogP contribution is 2.33. The number of carbonyl (C=O) groups is 2. The fourth-order valence-electron chi connectivity index (χ4n) is 3.47. The van der Waals surface area contributed by atoms with Crippen LogP contribution < -0.4 is 0 Å². The molecule has 0 aromatic rings. The van der Waals surface area contributed by atoms with E-state index in [2.05, 4.69) is 11.5 Å². The number of carbonyl (C=O) groups excluding carboxylic acids is 2. The molecule has 3 rings (SSSR count). The molecule has 6 nitrogen and oxygen atoms in total. The van der Waals surface area contributed by atoms with Crippen LogP contribution in [0.4, 0.5) is 0 Å². The van der Waals surface area contributed by atoms with Gasteiger partial charge in [0.05, 0.1) is 6.04 Å². The summed E-state index contributed by atoms with van der Waals surface area (Å²) in [7, 11) is 0. The maximum Gasteiger partial charge on any atom is 0.342 e. The zero-order valence-corrected chi connectivity index (χ0v) is 14.1. The Morgan fingerprint density at radius 2 is 2.21 bits per heavy atom. The summed E-state index contributed by atoms with van der Waals surface area (Å²) < 4.78 is 11.1. The van der Waals surface area contributed by atoms with Crippen molar-refractivity contribution in [2.75, 3.05) is 19.7 Å². The molecule has 0 aliphatic carbocycles. The van der Waals surface area contributed by atoms with E-state index in [9.17, 15) is 14.7 Å². The molecule has 0 aromatic heterocycles. The van der Waals surface area contributed by atoms with Crippen LogP contribution in [-0.4, -0.2) is 59.4 Å². The number of allylic oxidation sites excluding steroid dienone is 1. The maximum atomic E-state index is 12.5. The van der Waals surface area contributed by atoms with Gasteiger partial charge >= 0.3 is 11.9 Å². The second-order valence-corrected chi connectivity index (χ2v) is 6.69. The first kappa shape index (κ1) is 16.9. The van der Waals surface area contributed by atoms with Gasteiger partial charge in [-0.25, -0.2) is 9.59 Å². The summed E-state index contributed by atoms with van der Waals surface area (Å²) in [5, 5.41) is 10.5. The minimum atomic E-state index is -1.85. The Hall–Kier alpha value is -1.92. The Bertz CT molecular complexity index is 646. The highest BCUT2D eigenvalue weighted by Gasteiger charge is 2.44. The third-order valence-electron chi connectivity index (χ3n) is 5.14. The molecule has 0 amide bonds. The van der Waals surface area contributed by atoms with E-state index in [1.54, 1.807) is 13.0 Å². The third kappa shape index (κ3) is 2.80. The van der Waals surface area contributed by atoms with Crippen LogP contribution in [0.15, 0.2) is 35.5 Å². The molecular formula is C18H23NO5. The van der Waals surface area contributed by atoms with E-state index in [-0.39, 0.29) is 30.7 Å². The smallest absolute Gasteiger partial charge is 0.342 e. The third-order valence-corrected chi connectivity index (χ3v) is 5.14. The summed E-state index contributed by atoms with van der Waals surface area (Å²) in [6.45, 7) is 8.53. The summed E-state index contributed by atoms with van der Waals surface area (Å²) in [5.74, 6) is -1.16. The summed E-state index contributed by atoms with van der Waals surface area (Å²) in [5.41, 5.74) is -0.330. The van der Waals surface area contributed by atoms with E-state index in [4.69, 9.17) is 9.47 Å². The zero-order chi connectivity index (χ0) is 17.5. The molecule has 2 fully saturated rings. The Morgan fingerprint density at radius 1 is 1.46 bits per heavy atom. The van der Waals surface area contributed by atoms with Crippen molar-refractivity contribution in [3.8, 4) is 0 Å². The second-order valence-electron chi connectivity index (χ2n) is 6.69. The topological polar surface area (TPSA) is 76.1 Å². The first-order valence-corrected chi connectivity index (χ1v) is 8.21. The second kappa shape index (κ2) is 6.18. The van der Waals surface area contributed by atoms with Crippen molar-refractivity contribution < 1.29 is 24.2 Å². The van der Waals surface area contributed by atoms with Gasteiger partial charge in [-0.3, -0.25) is 4.90 Å². The monoisotopic (exact) mass is 333 g/mol. The highest BCUT2D eigenvalue weighted by molar-refractivity contribution is 5.90. The van der Waals surface area contributed by atoms with Gasteiger partial charge in [-0.2, -0.15) is 0 Å². The molecule has 3 aliphatic heterocycles. The number of hydrogen-bond acceptors (Lipinski definition) is 6. The van der Waals surface area contributed by atoms with Gasteiger partial charge in [-0.1, -0.05) is 18.7 Å². The van der Waals surface area contributed by atoms with E-state index in [0.717, 1.165) is 25.1 Å². The van der Waals surface area contributed by atoms with Crippen molar-refractivity contribution in [2.24, 2.45) is 0 Å². The average Bonchev–Trinajstić information content (AvgIpc) is 3.12. The van der Waals surface area contributed by atoms with Crippen molar-refractivity contribution in [3.63, 3.8) is 0 Å². The summed E-state index contributed by atoms with van der Waals surface area (Å²) in [6, 6.07) is -0.0487. The van der Waals surface area contributed by atoms with Crippen LogP contribution in [0.1, 0.15) is 26.7 Å². The average molecular weight is 333 g/mol. The summed E-state index contributed by atoms with van der Waals surface area (Å²) >= 11 is 0. The van der Waals surface area contributed by atoms with Gasteiger partial charge in [0.1, 0.15) is 12.7 Å². The molecule has 0 radical (unpaired) electrons. The molecule has 3 aliphatic rings. The lowest BCUT2D eigenvalue weighted by Gasteiger charge is -2.28. The first-order chi connectivity index (χ1) is 11.3. The molecule has 0 bridgehead atoms. The molecule has 1 N–H and O–H groups in total. The number of rotatable bonds is 0. The zero-order valence-electron chi connectivity index (χ0n) is 14.1. The van der Waals surface area contributed by atoms with Gasteiger partial charge in [0, 0.05) is 25.1 Å². The molecule has 24 heavy (non-hydrogen) atoms. The van der Waals surface area contributed by atoms with Gasteiger partial charge in [0.2, 0.25) is 0 Å². The molecule has 2 saturated heterocycles. The van der Waals surface area contributed by atoms with Gasteiger partial charge in [0.25, 0.3) is 0 Å². The molecule has 130 valence electrons. The molecular weight excluding hydrogens is 310 g/mol. The minimum Gasteiger partial charge on any atom is -0.459 e. The molecule has 0 spiro atoms. The predicted octanol–water partition coefficient (Wildman–Crippen LogP) is 1.11. The minimum absolute atomic E-state index is 0.0487. The predicted molar refractivity (Wildman–Crippen MR) is 87.0 cm³/mol. The number of aliphatic hydroxyl groups is 1. The van der Waals surface area contributed by atoms with Gasteiger partial charge < -0.3 is 14.6 Å². The molecule has 0 aromatic carbocycles. The molecule has 0 saturated carbocycles. The summed E-state index contributed by atoms with van der Waals surface area (Å²) in [6.07, 6.45) is 4.23. The lowest BCUT2D eigenvalue weighted by molar-refractivity contribution is -0.160. The van der Waals surface area contributed by atoms with Crippen LogP contribution >= 0.6 is 0 Å². The standard InChI is InChI=1S/C18H23NO5/c1-4-12-9-11(2)18(3,22)17(21)23-10-13-5-7-19-8-6-14(15(13)19)24-16(12)20/h4-5,14-15,22H,2,6-10H2,1,3H3/b12-4+/t14-,15+,18-/m1/s1. The molecule has 3 atom stereocenters. The van der Waals surface area contributed by atoms with Crippen LogP contribution in [0.3, 0.4) is 0 Å². The van der Waals surface area contributed by atoms with E-state index in [0.29, 0.717) is 5.57 Å². The number of nitrogens with zero attached hydrogens (tertiary/aromatic N) is 1. The molecule has 3 heterocycles. The fraction of sp³-hybridized carbons (Fsp3) is 0.556. The lowest BCUT2D eigenvalue weighted by atomic mass is 9.91. The van der Waals surface area contributed by atoms with Crippen molar-refractivity contribution in [2.45, 2.75) is 44.4 Å². The SMILES string of the molecule is C=C1C/C(=C\C)C(=O)O[C@@H]2CCN3CC=C(COC(=O)[C@]1(C)O)[C@@H]23. The van der Waals surface area contributed by atoms with Crippen molar-refractivity contribution in [1.82, 2.24) is 4.90 Å². The fourth-order valence-corrected chi connectivity index (χ4v) is 3.47. The quantitative estimate of drug-likeness (QED) is 0.407. The Labute approximate surface area is 141 Å². The Balaban J connectivity index is 1.92. The van der Waals surface area contributed by atoms with Crippen LogP contribution in [0, 0.1) is 0 Å². The first-order valence-electron chi connectivity index (χ1n) is 8.21. The maximum absolute atomic E-state index is 12.5. The van der Waals surface area contributed by atoms with Crippen molar-refractivity contribution in [3.05, 3.63) is 35.5 Å².